The lowest BCUT2D eigenvalue weighted by atomic mass is 9.93. The van der Waals surface area contributed by atoms with Gasteiger partial charge in [-0.15, -0.1) is 0 Å². The summed E-state index contributed by atoms with van der Waals surface area (Å²) in [5.41, 5.74) is 14.4. The van der Waals surface area contributed by atoms with Crippen LogP contribution in [0.3, 0.4) is 0 Å². The number of aryl methyl sites for hydroxylation is 1. The van der Waals surface area contributed by atoms with E-state index < -0.39 is 0 Å². The smallest absolute Gasteiger partial charge is 0.158 e. The molecule has 1 aromatic carbocycles. The van der Waals surface area contributed by atoms with Crippen LogP contribution in [0.15, 0.2) is 42.9 Å². The molecule has 27 heavy (non-hydrogen) atoms. The fourth-order valence-electron chi connectivity index (χ4n) is 3.53. The first-order chi connectivity index (χ1) is 13.0. The maximum atomic E-state index is 5.98. The van der Waals surface area contributed by atoms with Crippen molar-refractivity contribution in [1.29, 1.82) is 0 Å². The molecule has 4 rings (SSSR count). The lowest BCUT2D eigenvalue weighted by Crippen LogP contribution is -2.04. The highest BCUT2D eigenvalue weighted by Gasteiger charge is 2.20. The molecule has 1 atom stereocenters. The molecule has 3 aromatic heterocycles. The van der Waals surface area contributed by atoms with Crippen molar-refractivity contribution in [3.8, 4) is 22.5 Å². The lowest BCUT2D eigenvalue weighted by molar-refractivity contribution is 0.818. The van der Waals surface area contributed by atoms with Gasteiger partial charge in [0.25, 0.3) is 0 Å². The second-order valence-corrected chi connectivity index (χ2v) is 7.37. The normalized spacial score (nSPS) is 12.8. The molecule has 0 saturated heterocycles. The van der Waals surface area contributed by atoms with Gasteiger partial charge in [0.2, 0.25) is 0 Å². The fraction of sp³-hybridized carbons (Fsp3) is 0.286. The van der Waals surface area contributed by atoms with Gasteiger partial charge in [-0.2, -0.15) is 10.2 Å². The van der Waals surface area contributed by atoms with E-state index in [4.69, 9.17) is 5.73 Å². The van der Waals surface area contributed by atoms with E-state index in [1.807, 2.05) is 24.6 Å². The predicted octanol–water partition coefficient (Wildman–Crippen LogP) is 4.24. The Balaban J connectivity index is 1.85. The van der Waals surface area contributed by atoms with Crippen LogP contribution in [0.2, 0.25) is 0 Å². The van der Waals surface area contributed by atoms with Crippen LogP contribution in [0.1, 0.15) is 49.4 Å². The first-order valence-electron chi connectivity index (χ1n) is 9.20. The van der Waals surface area contributed by atoms with Crippen molar-refractivity contribution in [2.75, 3.05) is 0 Å². The van der Waals surface area contributed by atoms with Crippen molar-refractivity contribution in [3.63, 3.8) is 0 Å². The van der Waals surface area contributed by atoms with Crippen molar-refractivity contribution in [2.24, 2.45) is 5.73 Å². The summed E-state index contributed by atoms with van der Waals surface area (Å²) in [6, 6.07) is 10.5. The highest BCUT2D eigenvalue weighted by molar-refractivity contribution is 5.75. The third-order valence-electron chi connectivity index (χ3n) is 4.94. The standard InChI is InChI=1S/C21H24N6/c1-12(2)18-19(16-7-5-15(6-8-16)14(4)22)25-26-20(18)17-9-13(3)21-23-11-24-27(21)10-17/h5-12,14H,22H2,1-4H3,(H,25,26)/t14-/m0/s1. The molecular formula is C21H24N6. The number of nitrogens with zero attached hydrogens (tertiary/aromatic N) is 4. The summed E-state index contributed by atoms with van der Waals surface area (Å²) in [6.45, 7) is 8.42. The zero-order valence-electron chi connectivity index (χ0n) is 16.1. The fourth-order valence-corrected chi connectivity index (χ4v) is 3.53. The Hall–Kier alpha value is -2.99. The van der Waals surface area contributed by atoms with Gasteiger partial charge < -0.3 is 5.73 Å². The summed E-state index contributed by atoms with van der Waals surface area (Å²) in [4.78, 5) is 4.30. The van der Waals surface area contributed by atoms with Crippen molar-refractivity contribution in [1.82, 2.24) is 24.8 Å². The van der Waals surface area contributed by atoms with E-state index in [1.165, 1.54) is 5.56 Å². The van der Waals surface area contributed by atoms with E-state index >= 15 is 0 Å². The quantitative estimate of drug-likeness (QED) is 0.570. The molecule has 0 unspecified atom stereocenters. The third kappa shape index (κ3) is 3.02. The summed E-state index contributed by atoms with van der Waals surface area (Å²) in [7, 11) is 0. The number of hydrogen-bond donors (Lipinski definition) is 2. The van der Waals surface area contributed by atoms with Crippen molar-refractivity contribution < 1.29 is 0 Å². The number of fused-ring (bicyclic) bond motifs is 1. The van der Waals surface area contributed by atoms with Crippen LogP contribution >= 0.6 is 0 Å². The molecule has 0 aliphatic carbocycles. The van der Waals surface area contributed by atoms with Crippen LogP contribution in [-0.2, 0) is 0 Å². The van der Waals surface area contributed by atoms with Crippen LogP contribution < -0.4 is 5.73 Å². The van der Waals surface area contributed by atoms with E-state index in [1.54, 1.807) is 6.33 Å². The number of hydrogen-bond acceptors (Lipinski definition) is 4. The molecule has 3 N–H and O–H groups in total. The van der Waals surface area contributed by atoms with Gasteiger partial charge in [0.15, 0.2) is 5.65 Å². The second kappa shape index (κ2) is 6.63. The molecule has 0 aliphatic heterocycles. The number of aromatic nitrogens is 5. The second-order valence-electron chi connectivity index (χ2n) is 7.37. The summed E-state index contributed by atoms with van der Waals surface area (Å²) in [5.74, 6) is 0.314. The minimum atomic E-state index is 0.0238. The molecule has 0 fully saturated rings. The third-order valence-corrected chi connectivity index (χ3v) is 4.94. The Morgan fingerprint density at radius 3 is 2.48 bits per heavy atom. The molecular weight excluding hydrogens is 336 g/mol. The highest BCUT2D eigenvalue weighted by atomic mass is 15.3. The van der Waals surface area contributed by atoms with Gasteiger partial charge in [0.05, 0.1) is 11.4 Å². The molecule has 3 heterocycles. The van der Waals surface area contributed by atoms with Gasteiger partial charge >= 0.3 is 0 Å². The van der Waals surface area contributed by atoms with E-state index in [0.29, 0.717) is 5.92 Å². The Labute approximate surface area is 158 Å². The minimum absolute atomic E-state index is 0.0238. The summed E-state index contributed by atoms with van der Waals surface area (Å²) in [5, 5.41) is 12.2. The van der Waals surface area contributed by atoms with E-state index in [2.05, 4.69) is 64.5 Å². The summed E-state index contributed by atoms with van der Waals surface area (Å²) < 4.78 is 1.81. The first-order valence-corrected chi connectivity index (χ1v) is 9.20. The van der Waals surface area contributed by atoms with Crippen LogP contribution in [0.25, 0.3) is 28.2 Å². The summed E-state index contributed by atoms with van der Waals surface area (Å²) in [6.07, 6.45) is 3.57. The highest BCUT2D eigenvalue weighted by Crippen LogP contribution is 2.36. The van der Waals surface area contributed by atoms with Gasteiger partial charge in [0, 0.05) is 28.9 Å². The van der Waals surface area contributed by atoms with Crippen LogP contribution in [0.5, 0.6) is 0 Å². The van der Waals surface area contributed by atoms with Crippen molar-refractivity contribution in [3.05, 3.63) is 59.5 Å². The van der Waals surface area contributed by atoms with Crippen molar-refractivity contribution in [2.45, 2.75) is 39.7 Å². The number of nitrogens with one attached hydrogen (secondary N) is 1. The topological polar surface area (TPSA) is 84.9 Å². The number of rotatable bonds is 4. The Morgan fingerprint density at radius 2 is 1.81 bits per heavy atom. The molecule has 0 aliphatic rings. The van der Waals surface area contributed by atoms with E-state index in [-0.39, 0.29) is 6.04 Å². The maximum Gasteiger partial charge on any atom is 0.158 e. The van der Waals surface area contributed by atoms with Crippen LogP contribution in [0.4, 0.5) is 0 Å². The molecule has 6 heteroatoms. The maximum absolute atomic E-state index is 5.98. The Kier molecular flexibility index (Phi) is 4.28. The largest absolute Gasteiger partial charge is 0.324 e. The summed E-state index contributed by atoms with van der Waals surface area (Å²) >= 11 is 0. The Bertz CT molecular complexity index is 1090. The number of nitrogens with two attached hydrogens (primary N) is 1. The van der Waals surface area contributed by atoms with Gasteiger partial charge in [-0.1, -0.05) is 38.1 Å². The molecule has 0 radical (unpaired) electrons. The van der Waals surface area contributed by atoms with E-state index in [9.17, 15) is 0 Å². The zero-order valence-corrected chi connectivity index (χ0v) is 16.1. The van der Waals surface area contributed by atoms with Gasteiger partial charge in [-0.05, 0) is 37.0 Å². The molecule has 0 bridgehead atoms. The molecule has 138 valence electrons. The zero-order chi connectivity index (χ0) is 19.1. The Morgan fingerprint density at radius 1 is 1.07 bits per heavy atom. The molecule has 0 amide bonds. The number of benzene rings is 1. The predicted molar refractivity (Wildman–Crippen MR) is 107 cm³/mol. The van der Waals surface area contributed by atoms with Crippen molar-refractivity contribution >= 4 is 5.65 Å². The number of H-pyrrole nitrogens is 1. The van der Waals surface area contributed by atoms with E-state index in [0.717, 1.165) is 39.3 Å². The average Bonchev–Trinajstić information content (AvgIpc) is 3.28. The van der Waals surface area contributed by atoms with Gasteiger partial charge in [-0.25, -0.2) is 9.50 Å². The number of aromatic amines is 1. The molecule has 0 spiro atoms. The van der Waals surface area contributed by atoms with Gasteiger partial charge in [-0.3, -0.25) is 5.10 Å². The SMILES string of the molecule is Cc1cc(-c2[nH]nc(-c3ccc([C@H](C)N)cc3)c2C(C)C)cn2ncnc12. The average molecular weight is 360 g/mol. The monoisotopic (exact) mass is 360 g/mol. The lowest BCUT2D eigenvalue weighted by Gasteiger charge is -2.11. The first kappa shape index (κ1) is 17.4. The van der Waals surface area contributed by atoms with Crippen LogP contribution in [-0.4, -0.2) is 24.8 Å². The minimum Gasteiger partial charge on any atom is -0.324 e. The molecule has 4 aromatic rings. The number of pyridine rings is 1. The molecule has 6 nitrogen and oxygen atoms in total. The van der Waals surface area contributed by atoms with Crippen LogP contribution in [0, 0.1) is 6.92 Å². The van der Waals surface area contributed by atoms with Gasteiger partial charge in [0.1, 0.15) is 6.33 Å². The molecule has 0 saturated carbocycles.